The highest BCUT2D eigenvalue weighted by atomic mass is 79.9. The van der Waals surface area contributed by atoms with Crippen LogP contribution in [0.4, 0.5) is 5.69 Å². The fourth-order valence-corrected chi connectivity index (χ4v) is 3.24. The van der Waals surface area contributed by atoms with E-state index < -0.39 is 6.10 Å². The Morgan fingerprint density at radius 1 is 1.48 bits per heavy atom. The summed E-state index contributed by atoms with van der Waals surface area (Å²) in [5.74, 6) is 0.736. The van der Waals surface area contributed by atoms with E-state index in [1.54, 1.807) is 0 Å². The van der Waals surface area contributed by atoms with E-state index in [0.29, 0.717) is 24.3 Å². The molecule has 0 spiro atoms. The van der Waals surface area contributed by atoms with E-state index in [1.165, 1.54) is 12.8 Å². The predicted octanol–water partition coefficient (Wildman–Crippen LogP) is 4.47. The highest BCUT2D eigenvalue weighted by Crippen LogP contribution is 2.27. The molecule has 0 bridgehead atoms. The van der Waals surface area contributed by atoms with Crippen molar-refractivity contribution in [3.8, 4) is 0 Å². The second-order valence-electron chi connectivity index (χ2n) is 5.89. The Kier molecular flexibility index (Phi) is 6.80. The Hall–Kier alpha value is -0.290. The summed E-state index contributed by atoms with van der Waals surface area (Å²) in [6.07, 6.45) is 4.52. The van der Waals surface area contributed by atoms with Crippen molar-refractivity contribution in [2.24, 2.45) is 5.92 Å². The lowest BCUT2D eigenvalue weighted by molar-refractivity contribution is -0.0274. The first-order valence-corrected chi connectivity index (χ1v) is 8.70. The zero-order chi connectivity index (χ0) is 15.2. The molecule has 0 radical (unpaired) electrons. The third-order valence-corrected chi connectivity index (χ3v) is 4.69. The molecular formula is C16H23BrClNO2. The maximum absolute atomic E-state index is 10.0. The summed E-state index contributed by atoms with van der Waals surface area (Å²) in [6, 6.07) is 5.61. The molecule has 2 rings (SSSR count). The minimum atomic E-state index is -0.530. The number of ether oxygens (including phenoxy) is 1. The topological polar surface area (TPSA) is 41.5 Å². The van der Waals surface area contributed by atoms with Crippen molar-refractivity contribution in [1.29, 1.82) is 0 Å². The second kappa shape index (κ2) is 8.37. The lowest BCUT2D eigenvalue weighted by atomic mass is 9.89. The Balaban J connectivity index is 1.72. The van der Waals surface area contributed by atoms with Crippen molar-refractivity contribution >= 4 is 33.2 Å². The lowest BCUT2D eigenvalue weighted by Crippen LogP contribution is -2.30. The third kappa shape index (κ3) is 5.78. The van der Waals surface area contributed by atoms with Gasteiger partial charge in [-0.25, -0.2) is 0 Å². The van der Waals surface area contributed by atoms with Crippen molar-refractivity contribution in [2.75, 3.05) is 18.5 Å². The number of halogens is 2. The summed E-state index contributed by atoms with van der Waals surface area (Å²) in [4.78, 5) is 0. The van der Waals surface area contributed by atoms with E-state index in [1.807, 2.05) is 18.2 Å². The normalized spacial score (nSPS) is 23.8. The van der Waals surface area contributed by atoms with Crippen LogP contribution in [0.15, 0.2) is 22.7 Å². The van der Waals surface area contributed by atoms with E-state index in [2.05, 4.69) is 28.2 Å². The molecule has 1 aliphatic carbocycles. The molecule has 0 heterocycles. The van der Waals surface area contributed by atoms with Crippen molar-refractivity contribution in [3.05, 3.63) is 27.7 Å². The van der Waals surface area contributed by atoms with E-state index in [-0.39, 0.29) is 0 Å². The molecular weight excluding hydrogens is 354 g/mol. The number of aliphatic hydroxyl groups is 1. The molecule has 1 fully saturated rings. The first-order valence-electron chi connectivity index (χ1n) is 7.53. The monoisotopic (exact) mass is 375 g/mol. The minimum Gasteiger partial charge on any atom is -0.389 e. The van der Waals surface area contributed by atoms with Crippen LogP contribution in [-0.2, 0) is 4.74 Å². The number of nitrogens with one attached hydrogen (secondary N) is 1. The van der Waals surface area contributed by atoms with Crippen molar-refractivity contribution in [3.63, 3.8) is 0 Å². The van der Waals surface area contributed by atoms with Crippen molar-refractivity contribution in [1.82, 2.24) is 0 Å². The van der Waals surface area contributed by atoms with E-state index in [9.17, 15) is 5.11 Å². The number of aliphatic hydroxyl groups excluding tert-OH is 1. The van der Waals surface area contributed by atoms with Gasteiger partial charge in [-0.1, -0.05) is 47.3 Å². The second-order valence-corrected chi connectivity index (χ2v) is 7.21. The molecule has 1 aromatic rings. The van der Waals surface area contributed by atoms with E-state index in [0.717, 1.165) is 28.9 Å². The standard InChI is InChI=1S/C16H23BrClNO2/c1-11-3-2-4-14(7-11)21-10-13(20)9-19-16-8-12(17)5-6-15(16)18/h5-6,8,11,13-14,19-20H,2-4,7,9-10H2,1H3. The van der Waals surface area contributed by atoms with Crippen molar-refractivity contribution < 1.29 is 9.84 Å². The van der Waals surface area contributed by atoms with Gasteiger partial charge >= 0.3 is 0 Å². The molecule has 3 nitrogen and oxygen atoms in total. The van der Waals surface area contributed by atoms with Crippen LogP contribution in [0, 0.1) is 5.92 Å². The highest BCUT2D eigenvalue weighted by molar-refractivity contribution is 9.10. The van der Waals surface area contributed by atoms with Gasteiger partial charge in [-0.05, 0) is 37.0 Å². The van der Waals surface area contributed by atoms with Crippen LogP contribution >= 0.6 is 27.5 Å². The van der Waals surface area contributed by atoms with Crippen LogP contribution in [0.3, 0.4) is 0 Å². The van der Waals surface area contributed by atoms with Crippen LogP contribution in [0.1, 0.15) is 32.6 Å². The van der Waals surface area contributed by atoms with Gasteiger partial charge in [0.15, 0.2) is 0 Å². The number of benzene rings is 1. The zero-order valence-corrected chi connectivity index (χ0v) is 14.7. The Bertz CT molecular complexity index is 458. The number of rotatable bonds is 6. The van der Waals surface area contributed by atoms with Gasteiger partial charge in [0.1, 0.15) is 0 Å². The summed E-state index contributed by atoms with van der Waals surface area (Å²) >= 11 is 9.50. The Labute approximate surface area is 140 Å². The van der Waals surface area contributed by atoms with Gasteiger partial charge in [-0.3, -0.25) is 0 Å². The first kappa shape index (κ1) is 17.1. The predicted molar refractivity (Wildman–Crippen MR) is 91.0 cm³/mol. The molecule has 0 aliphatic heterocycles. The average molecular weight is 377 g/mol. The smallest absolute Gasteiger partial charge is 0.0945 e. The molecule has 2 N–H and O–H groups in total. The molecule has 21 heavy (non-hydrogen) atoms. The number of anilines is 1. The van der Waals surface area contributed by atoms with Gasteiger partial charge in [0, 0.05) is 11.0 Å². The van der Waals surface area contributed by atoms with Gasteiger partial charge in [-0.2, -0.15) is 0 Å². The fraction of sp³-hybridized carbons (Fsp3) is 0.625. The maximum Gasteiger partial charge on any atom is 0.0945 e. The van der Waals surface area contributed by atoms with E-state index in [4.69, 9.17) is 16.3 Å². The molecule has 5 heteroatoms. The molecule has 1 aromatic carbocycles. The van der Waals surface area contributed by atoms with Crippen LogP contribution < -0.4 is 5.32 Å². The molecule has 1 saturated carbocycles. The fourth-order valence-electron chi connectivity index (χ4n) is 2.70. The largest absolute Gasteiger partial charge is 0.389 e. The third-order valence-electron chi connectivity index (χ3n) is 3.87. The summed E-state index contributed by atoms with van der Waals surface area (Å²) in [6.45, 7) is 3.07. The quantitative estimate of drug-likeness (QED) is 0.769. The molecule has 118 valence electrons. The van der Waals surface area contributed by atoms with Crippen LogP contribution in [0.25, 0.3) is 0 Å². The summed E-state index contributed by atoms with van der Waals surface area (Å²) in [5.41, 5.74) is 0.816. The maximum atomic E-state index is 10.0. The van der Waals surface area contributed by atoms with Gasteiger partial charge in [-0.15, -0.1) is 0 Å². The summed E-state index contributed by atoms with van der Waals surface area (Å²) in [7, 11) is 0. The Morgan fingerprint density at radius 2 is 2.29 bits per heavy atom. The van der Waals surface area contributed by atoms with E-state index >= 15 is 0 Å². The number of hydrogen-bond donors (Lipinski definition) is 2. The molecule has 3 unspecified atom stereocenters. The average Bonchev–Trinajstić information content (AvgIpc) is 2.46. The molecule has 3 atom stereocenters. The first-order chi connectivity index (χ1) is 10.0. The van der Waals surface area contributed by atoms with Gasteiger partial charge < -0.3 is 15.2 Å². The zero-order valence-electron chi connectivity index (χ0n) is 12.3. The van der Waals surface area contributed by atoms with Gasteiger partial charge in [0.25, 0.3) is 0 Å². The summed E-state index contributed by atoms with van der Waals surface area (Å²) < 4.78 is 6.78. The summed E-state index contributed by atoms with van der Waals surface area (Å²) in [5, 5.41) is 13.8. The number of hydrogen-bond acceptors (Lipinski definition) is 3. The SMILES string of the molecule is CC1CCCC(OCC(O)CNc2cc(Br)ccc2Cl)C1. The van der Waals surface area contributed by atoms with Crippen LogP contribution in [0.2, 0.25) is 5.02 Å². The molecule has 0 amide bonds. The van der Waals surface area contributed by atoms with Crippen LogP contribution in [-0.4, -0.2) is 30.5 Å². The van der Waals surface area contributed by atoms with Crippen LogP contribution in [0.5, 0.6) is 0 Å². The highest BCUT2D eigenvalue weighted by Gasteiger charge is 2.20. The van der Waals surface area contributed by atoms with Gasteiger partial charge in [0.2, 0.25) is 0 Å². The van der Waals surface area contributed by atoms with Gasteiger partial charge in [0.05, 0.1) is 29.5 Å². The molecule has 0 saturated heterocycles. The Morgan fingerprint density at radius 3 is 3.05 bits per heavy atom. The molecule has 0 aromatic heterocycles. The van der Waals surface area contributed by atoms with Crippen molar-refractivity contribution in [2.45, 2.75) is 44.8 Å². The minimum absolute atomic E-state index is 0.304. The molecule has 1 aliphatic rings. The lowest BCUT2D eigenvalue weighted by Gasteiger charge is -2.27.